The van der Waals surface area contributed by atoms with Gasteiger partial charge in [-0.05, 0) is 122 Å². The van der Waals surface area contributed by atoms with E-state index >= 15 is 0 Å². The summed E-state index contributed by atoms with van der Waals surface area (Å²) in [4.78, 5) is 0. The molecule has 0 aliphatic carbocycles. The third-order valence-electron chi connectivity index (χ3n) is 12.9. The lowest BCUT2D eigenvalue weighted by atomic mass is 9.92. The predicted molar refractivity (Wildman–Crippen MR) is 268 cm³/mol. The van der Waals surface area contributed by atoms with E-state index in [2.05, 4.69) is 102 Å². The van der Waals surface area contributed by atoms with E-state index < -0.39 is 0 Å². The maximum Gasteiger partial charge on any atom is 0.126 e. The molecule has 2 nitrogen and oxygen atoms in total. The van der Waals surface area contributed by atoms with Crippen molar-refractivity contribution in [3.8, 4) is 11.5 Å². The van der Waals surface area contributed by atoms with Gasteiger partial charge in [0.2, 0.25) is 0 Å². The first-order valence-corrected chi connectivity index (χ1v) is 25.3. The fourth-order valence-corrected chi connectivity index (χ4v) is 8.89. The Hall–Kier alpha value is -3.26. The van der Waals surface area contributed by atoms with Crippen molar-refractivity contribution in [2.75, 3.05) is 14.2 Å². The second-order valence-electron chi connectivity index (χ2n) is 18.0. The largest absolute Gasteiger partial charge is 0.496 e. The van der Waals surface area contributed by atoms with Gasteiger partial charge in [0.1, 0.15) is 11.5 Å². The van der Waals surface area contributed by atoms with Crippen molar-refractivity contribution in [1.29, 1.82) is 0 Å². The topological polar surface area (TPSA) is 18.5 Å². The first-order valence-electron chi connectivity index (χ1n) is 25.3. The lowest BCUT2D eigenvalue weighted by Crippen LogP contribution is -1.98. The fourth-order valence-electron chi connectivity index (χ4n) is 8.89. The first-order chi connectivity index (χ1) is 29.4. The van der Waals surface area contributed by atoms with Gasteiger partial charge in [0.05, 0.1) is 14.2 Å². The van der Waals surface area contributed by atoms with Gasteiger partial charge < -0.3 is 9.47 Å². The molecule has 0 amide bonds. The molecule has 0 saturated heterocycles. The minimum Gasteiger partial charge on any atom is -0.496 e. The molecule has 3 rings (SSSR count). The second-order valence-corrected chi connectivity index (χ2v) is 18.0. The molecule has 0 saturated carbocycles. The SMILES string of the molecule is CCCCCCCCc1cc(C=Cc2cc(OC)c(C=Cc3cc(CCCCCCCC)c(C)cc3CCCCCCCC)cc2OC)c(CCCCCCCC)cc1C. The van der Waals surface area contributed by atoms with Crippen LogP contribution in [0.25, 0.3) is 24.3 Å². The molecule has 0 atom stereocenters. The van der Waals surface area contributed by atoms with E-state index in [-0.39, 0.29) is 0 Å². The molecule has 3 aromatic carbocycles. The summed E-state index contributed by atoms with van der Waals surface area (Å²) < 4.78 is 12.2. The van der Waals surface area contributed by atoms with Crippen LogP contribution in [0.1, 0.15) is 237 Å². The van der Waals surface area contributed by atoms with Crippen LogP contribution in [0.4, 0.5) is 0 Å². The zero-order valence-corrected chi connectivity index (χ0v) is 40.4. The second kappa shape index (κ2) is 31.6. The highest BCUT2D eigenvalue weighted by atomic mass is 16.5. The predicted octanol–water partition coefficient (Wildman–Crippen LogP) is 18.3. The van der Waals surface area contributed by atoms with Crippen molar-refractivity contribution in [3.63, 3.8) is 0 Å². The van der Waals surface area contributed by atoms with Crippen LogP contribution in [0.2, 0.25) is 0 Å². The van der Waals surface area contributed by atoms with E-state index in [0.717, 1.165) is 48.3 Å². The summed E-state index contributed by atoms with van der Waals surface area (Å²) in [5, 5.41) is 0. The monoisotopic (exact) mass is 819 g/mol. The maximum atomic E-state index is 6.09. The van der Waals surface area contributed by atoms with Crippen LogP contribution in [-0.4, -0.2) is 14.2 Å². The molecule has 3 aromatic rings. The van der Waals surface area contributed by atoms with Gasteiger partial charge >= 0.3 is 0 Å². The summed E-state index contributed by atoms with van der Waals surface area (Å²) in [5.41, 5.74) is 13.7. The summed E-state index contributed by atoms with van der Waals surface area (Å²) >= 11 is 0. The zero-order chi connectivity index (χ0) is 43.2. The molecule has 0 aliphatic heterocycles. The van der Waals surface area contributed by atoms with Gasteiger partial charge in [0, 0.05) is 11.1 Å². The van der Waals surface area contributed by atoms with Crippen LogP contribution in [0.3, 0.4) is 0 Å². The van der Waals surface area contributed by atoms with Crippen molar-refractivity contribution in [2.24, 2.45) is 0 Å². The average Bonchev–Trinajstić information content (AvgIpc) is 3.25. The third kappa shape index (κ3) is 19.2. The standard InChI is InChI=1S/C58H90O2/c1-9-13-17-21-25-29-33-49-43-53(51(41-47(49)5)35-31-27-23-19-15-11-3)37-39-55-45-58(60-8)56(46-57(55)59-7)40-38-54-44-50(34-30-26-22-18-14-10-2)48(6)42-52(54)36-32-28-24-20-16-12-4/h37-46H,9-36H2,1-8H3. The lowest BCUT2D eigenvalue weighted by molar-refractivity contribution is 0.401. The number of hydrogen-bond donors (Lipinski definition) is 0. The number of benzene rings is 3. The molecule has 0 aliphatic rings. The zero-order valence-electron chi connectivity index (χ0n) is 40.4. The van der Waals surface area contributed by atoms with Gasteiger partial charge in [-0.1, -0.05) is 205 Å². The first kappa shape index (κ1) is 51.1. The quantitative estimate of drug-likeness (QED) is 0.0441. The molecule has 0 spiro atoms. The molecule has 0 fully saturated rings. The minimum atomic E-state index is 0.878. The Morgan fingerprint density at radius 2 is 0.583 bits per heavy atom. The Bertz CT molecular complexity index is 1530. The highest BCUT2D eigenvalue weighted by molar-refractivity contribution is 5.80. The molecule has 0 aromatic heterocycles. The summed E-state index contributed by atoms with van der Waals surface area (Å²) in [6.45, 7) is 13.9. The van der Waals surface area contributed by atoms with Crippen LogP contribution in [0, 0.1) is 13.8 Å². The van der Waals surface area contributed by atoms with Crippen molar-refractivity contribution < 1.29 is 9.47 Å². The number of rotatable bonds is 34. The molecule has 2 heteroatoms. The Kier molecular flexibility index (Phi) is 26.9. The van der Waals surface area contributed by atoms with Gasteiger partial charge in [0.25, 0.3) is 0 Å². The van der Waals surface area contributed by atoms with Crippen LogP contribution in [0.5, 0.6) is 11.5 Å². The van der Waals surface area contributed by atoms with Gasteiger partial charge in [0.15, 0.2) is 0 Å². The maximum absolute atomic E-state index is 6.09. The van der Waals surface area contributed by atoms with Crippen molar-refractivity contribution in [1.82, 2.24) is 0 Å². The van der Waals surface area contributed by atoms with E-state index in [9.17, 15) is 0 Å². The van der Waals surface area contributed by atoms with Crippen LogP contribution >= 0.6 is 0 Å². The summed E-state index contributed by atoms with van der Waals surface area (Å²) in [6.07, 6.45) is 45.6. The fraction of sp³-hybridized carbons (Fsp3) is 0.621. The van der Waals surface area contributed by atoms with Crippen molar-refractivity contribution in [3.05, 3.63) is 92.0 Å². The molecule has 0 heterocycles. The Morgan fingerprint density at radius 1 is 0.317 bits per heavy atom. The van der Waals surface area contributed by atoms with E-state index in [4.69, 9.17) is 9.47 Å². The summed E-state index contributed by atoms with van der Waals surface area (Å²) in [5.74, 6) is 1.76. The highest BCUT2D eigenvalue weighted by Crippen LogP contribution is 2.33. The van der Waals surface area contributed by atoms with E-state index in [1.165, 1.54) is 199 Å². The smallest absolute Gasteiger partial charge is 0.126 e. The Balaban J connectivity index is 1.91. The number of aryl methyl sites for hydroxylation is 6. The Labute approximate surface area is 371 Å². The number of ether oxygens (including phenoxy) is 2. The number of hydrogen-bond acceptors (Lipinski definition) is 2. The molecule has 60 heavy (non-hydrogen) atoms. The number of unbranched alkanes of at least 4 members (excludes halogenated alkanes) is 20. The van der Waals surface area contributed by atoms with E-state index in [1.54, 1.807) is 14.2 Å². The van der Waals surface area contributed by atoms with E-state index in [0.29, 0.717) is 0 Å². The van der Waals surface area contributed by atoms with Crippen LogP contribution in [0.15, 0.2) is 36.4 Å². The van der Waals surface area contributed by atoms with Crippen LogP contribution < -0.4 is 9.47 Å². The van der Waals surface area contributed by atoms with Gasteiger partial charge in [-0.15, -0.1) is 0 Å². The lowest BCUT2D eigenvalue weighted by Gasteiger charge is -2.15. The molecule has 0 bridgehead atoms. The Morgan fingerprint density at radius 3 is 0.883 bits per heavy atom. The molecule has 0 N–H and O–H groups in total. The average molecular weight is 819 g/mol. The van der Waals surface area contributed by atoms with Crippen LogP contribution in [-0.2, 0) is 25.7 Å². The normalized spacial score (nSPS) is 11.7. The van der Waals surface area contributed by atoms with Crippen molar-refractivity contribution >= 4 is 24.3 Å². The molecule has 0 unspecified atom stereocenters. The molecular weight excluding hydrogens is 729 g/mol. The number of methoxy groups -OCH3 is 2. The van der Waals surface area contributed by atoms with Gasteiger partial charge in [-0.3, -0.25) is 0 Å². The van der Waals surface area contributed by atoms with Gasteiger partial charge in [-0.25, -0.2) is 0 Å². The molecule has 334 valence electrons. The minimum absolute atomic E-state index is 0.878. The summed E-state index contributed by atoms with van der Waals surface area (Å²) in [6, 6.07) is 14.3. The van der Waals surface area contributed by atoms with E-state index in [1.807, 2.05) is 0 Å². The van der Waals surface area contributed by atoms with Crippen molar-refractivity contribution in [2.45, 2.75) is 221 Å². The molecule has 0 radical (unpaired) electrons. The summed E-state index contributed by atoms with van der Waals surface area (Å²) in [7, 11) is 3.60. The molecular formula is C58H90O2. The third-order valence-corrected chi connectivity index (χ3v) is 12.9. The van der Waals surface area contributed by atoms with Gasteiger partial charge in [-0.2, -0.15) is 0 Å². The highest BCUT2D eigenvalue weighted by Gasteiger charge is 2.12.